The van der Waals surface area contributed by atoms with Gasteiger partial charge in [-0.3, -0.25) is 10.9 Å². The van der Waals surface area contributed by atoms with Crippen LogP contribution in [0.2, 0.25) is 0 Å². The maximum Gasteiger partial charge on any atom is 0.185 e. The largest absolute Gasteiger partial charge is 0.368 e. The minimum absolute atomic E-state index is 0.445. The highest BCUT2D eigenvalue weighted by molar-refractivity contribution is 5.59. The van der Waals surface area contributed by atoms with Crippen LogP contribution in [0.1, 0.15) is 6.92 Å². The highest BCUT2D eigenvalue weighted by atomic mass is 15.4. The summed E-state index contributed by atoms with van der Waals surface area (Å²) in [7, 11) is 0. The predicted molar refractivity (Wildman–Crippen MR) is 88.8 cm³/mol. The standard InChI is InChI=1S/C16H19N7/c1-11-13(10-18-19-11)9-17-14-7-8-15-20-21-16(23(15)22-14)12-5-3-2-4-6-12/h2-8,11,13,18-19H,9-10H2,1H3,(H,17,22). The molecular formula is C16H19N7. The van der Waals surface area contributed by atoms with Crippen LogP contribution in [0, 0.1) is 5.92 Å². The number of fused-ring (bicyclic) bond motifs is 1. The normalized spacial score (nSPS) is 20.9. The van der Waals surface area contributed by atoms with Gasteiger partial charge in [0.25, 0.3) is 0 Å². The zero-order chi connectivity index (χ0) is 15.6. The third kappa shape index (κ3) is 2.76. The lowest BCUT2D eigenvalue weighted by Gasteiger charge is -2.14. The molecule has 7 heteroatoms. The number of hydrogen-bond acceptors (Lipinski definition) is 6. The van der Waals surface area contributed by atoms with E-state index in [1.165, 1.54) is 0 Å². The molecule has 23 heavy (non-hydrogen) atoms. The van der Waals surface area contributed by atoms with Crippen molar-refractivity contribution in [2.45, 2.75) is 13.0 Å². The fraction of sp³-hybridized carbons (Fsp3) is 0.312. The van der Waals surface area contributed by atoms with E-state index in [1.54, 1.807) is 4.52 Å². The van der Waals surface area contributed by atoms with Crippen LogP contribution in [0.5, 0.6) is 0 Å². The molecule has 0 spiro atoms. The maximum atomic E-state index is 4.64. The minimum atomic E-state index is 0.445. The monoisotopic (exact) mass is 309 g/mol. The van der Waals surface area contributed by atoms with Gasteiger partial charge < -0.3 is 5.32 Å². The Kier molecular flexibility index (Phi) is 3.64. The molecule has 4 rings (SSSR count). The molecule has 0 saturated carbocycles. The first-order chi connectivity index (χ1) is 11.3. The molecule has 3 heterocycles. The first kappa shape index (κ1) is 14.1. The van der Waals surface area contributed by atoms with E-state index in [1.807, 2.05) is 42.5 Å². The molecule has 1 aliphatic rings. The van der Waals surface area contributed by atoms with Crippen LogP contribution >= 0.6 is 0 Å². The SMILES string of the molecule is CC1NNCC1CNc1ccc2nnc(-c3ccccc3)n2n1. The van der Waals surface area contributed by atoms with Crippen molar-refractivity contribution < 1.29 is 0 Å². The van der Waals surface area contributed by atoms with E-state index in [0.29, 0.717) is 12.0 Å². The molecule has 0 radical (unpaired) electrons. The van der Waals surface area contributed by atoms with Crippen molar-refractivity contribution >= 4 is 11.5 Å². The van der Waals surface area contributed by atoms with Crippen molar-refractivity contribution in [3.8, 4) is 11.4 Å². The van der Waals surface area contributed by atoms with Crippen molar-refractivity contribution in [3.05, 3.63) is 42.5 Å². The number of nitrogens with zero attached hydrogens (tertiary/aromatic N) is 4. The van der Waals surface area contributed by atoms with Gasteiger partial charge in [0, 0.05) is 30.6 Å². The van der Waals surface area contributed by atoms with E-state index in [2.05, 4.69) is 38.4 Å². The average molecular weight is 309 g/mol. The summed E-state index contributed by atoms with van der Waals surface area (Å²) < 4.78 is 1.78. The minimum Gasteiger partial charge on any atom is -0.368 e. The quantitative estimate of drug-likeness (QED) is 0.674. The third-order valence-electron chi connectivity index (χ3n) is 4.24. The smallest absolute Gasteiger partial charge is 0.185 e. The number of benzene rings is 1. The zero-order valence-electron chi connectivity index (χ0n) is 12.9. The average Bonchev–Trinajstić information content (AvgIpc) is 3.19. The van der Waals surface area contributed by atoms with E-state index in [0.717, 1.165) is 35.9 Å². The van der Waals surface area contributed by atoms with E-state index in [9.17, 15) is 0 Å². The zero-order valence-corrected chi connectivity index (χ0v) is 12.9. The molecule has 0 amide bonds. The predicted octanol–water partition coefficient (Wildman–Crippen LogP) is 1.32. The molecule has 3 aromatic rings. The summed E-state index contributed by atoms with van der Waals surface area (Å²) in [6, 6.07) is 14.3. The Balaban J connectivity index is 1.59. The summed E-state index contributed by atoms with van der Waals surface area (Å²) >= 11 is 0. The van der Waals surface area contributed by atoms with E-state index >= 15 is 0 Å². The molecule has 2 aromatic heterocycles. The van der Waals surface area contributed by atoms with Gasteiger partial charge in [-0.2, -0.15) is 4.52 Å². The fourth-order valence-corrected chi connectivity index (χ4v) is 2.78. The number of nitrogens with one attached hydrogen (secondary N) is 3. The van der Waals surface area contributed by atoms with Crippen molar-refractivity contribution in [1.82, 2.24) is 30.7 Å². The van der Waals surface area contributed by atoms with Crippen LogP contribution in [-0.4, -0.2) is 38.9 Å². The molecule has 2 atom stereocenters. The Labute approximate surface area is 134 Å². The highest BCUT2D eigenvalue weighted by Gasteiger charge is 2.22. The summed E-state index contributed by atoms with van der Waals surface area (Å²) in [6.45, 7) is 4.00. The molecule has 118 valence electrons. The summed E-state index contributed by atoms with van der Waals surface area (Å²) in [6.07, 6.45) is 0. The molecule has 1 aliphatic heterocycles. The van der Waals surface area contributed by atoms with Gasteiger partial charge in [-0.15, -0.1) is 15.3 Å². The van der Waals surface area contributed by atoms with Gasteiger partial charge in [-0.05, 0) is 19.1 Å². The molecule has 7 nitrogen and oxygen atoms in total. The van der Waals surface area contributed by atoms with E-state index < -0.39 is 0 Å². The summed E-state index contributed by atoms with van der Waals surface area (Å²) in [4.78, 5) is 0. The van der Waals surface area contributed by atoms with Crippen molar-refractivity contribution in [1.29, 1.82) is 0 Å². The van der Waals surface area contributed by atoms with Gasteiger partial charge in [0.05, 0.1) is 0 Å². The molecule has 0 aliphatic carbocycles. The number of aromatic nitrogens is 4. The lowest BCUT2D eigenvalue weighted by Crippen LogP contribution is -2.30. The van der Waals surface area contributed by atoms with Crippen molar-refractivity contribution in [2.24, 2.45) is 5.92 Å². The second-order valence-corrected chi connectivity index (χ2v) is 5.83. The second-order valence-electron chi connectivity index (χ2n) is 5.83. The van der Waals surface area contributed by atoms with E-state index in [4.69, 9.17) is 0 Å². The summed E-state index contributed by atoms with van der Waals surface area (Å²) in [5, 5.41) is 16.5. The molecule has 2 unspecified atom stereocenters. The fourth-order valence-electron chi connectivity index (χ4n) is 2.78. The topological polar surface area (TPSA) is 79.2 Å². The van der Waals surface area contributed by atoms with Crippen LogP contribution in [0.4, 0.5) is 5.82 Å². The van der Waals surface area contributed by atoms with E-state index in [-0.39, 0.29) is 0 Å². The molecule has 1 fully saturated rings. The third-order valence-corrected chi connectivity index (χ3v) is 4.24. The Morgan fingerprint density at radius 3 is 2.83 bits per heavy atom. The van der Waals surface area contributed by atoms with Gasteiger partial charge in [0.2, 0.25) is 0 Å². The van der Waals surface area contributed by atoms with Gasteiger partial charge in [-0.25, -0.2) is 0 Å². The van der Waals surface area contributed by atoms with Gasteiger partial charge in [0.1, 0.15) is 5.82 Å². The number of hydrogen-bond donors (Lipinski definition) is 3. The summed E-state index contributed by atoms with van der Waals surface area (Å²) in [5.74, 6) is 2.11. The number of hydrazine groups is 1. The first-order valence-electron chi connectivity index (χ1n) is 7.81. The Morgan fingerprint density at radius 1 is 1.17 bits per heavy atom. The Morgan fingerprint density at radius 2 is 2.04 bits per heavy atom. The van der Waals surface area contributed by atoms with Crippen LogP contribution in [0.25, 0.3) is 17.0 Å². The molecule has 3 N–H and O–H groups in total. The molecule has 0 bridgehead atoms. The lowest BCUT2D eigenvalue weighted by molar-refractivity contribution is 0.508. The van der Waals surface area contributed by atoms with Crippen LogP contribution < -0.4 is 16.2 Å². The van der Waals surface area contributed by atoms with Crippen LogP contribution in [0.3, 0.4) is 0 Å². The Hall–Kier alpha value is -2.51. The number of rotatable bonds is 4. The first-order valence-corrected chi connectivity index (χ1v) is 7.81. The molecule has 1 aromatic carbocycles. The van der Waals surface area contributed by atoms with Gasteiger partial charge >= 0.3 is 0 Å². The maximum absolute atomic E-state index is 4.64. The van der Waals surface area contributed by atoms with Crippen molar-refractivity contribution in [3.63, 3.8) is 0 Å². The van der Waals surface area contributed by atoms with Gasteiger partial charge in [0.15, 0.2) is 11.5 Å². The second kappa shape index (κ2) is 5.94. The van der Waals surface area contributed by atoms with Crippen LogP contribution in [-0.2, 0) is 0 Å². The van der Waals surface area contributed by atoms with Gasteiger partial charge in [-0.1, -0.05) is 30.3 Å². The van der Waals surface area contributed by atoms with Crippen molar-refractivity contribution in [2.75, 3.05) is 18.4 Å². The summed E-state index contributed by atoms with van der Waals surface area (Å²) in [5.41, 5.74) is 8.15. The molecular weight excluding hydrogens is 290 g/mol. The Bertz CT molecular complexity index is 799. The molecule has 1 saturated heterocycles. The number of anilines is 1. The lowest BCUT2D eigenvalue weighted by atomic mass is 10.0. The van der Waals surface area contributed by atoms with Crippen LogP contribution in [0.15, 0.2) is 42.5 Å². The highest BCUT2D eigenvalue weighted by Crippen LogP contribution is 2.18.